The third-order valence-electron chi connectivity index (χ3n) is 6.42. The molecule has 2 heteroatoms. The second kappa shape index (κ2) is 21.2. The first kappa shape index (κ1) is 30.9. The van der Waals surface area contributed by atoms with E-state index in [1.807, 2.05) is 6.08 Å². The summed E-state index contributed by atoms with van der Waals surface area (Å²) in [7, 11) is 0. The number of unbranched alkanes of at least 4 members (excludes halogenated alkanes) is 14. The quantitative estimate of drug-likeness (QED) is 0.116. The van der Waals surface area contributed by atoms with Crippen LogP contribution >= 0.6 is 0 Å². The van der Waals surface area contributed by atoms with Crippen molar-refractivity contribution in [1.29, 1.82) is 0 Å². The lowest BCUT2D eigenvalue weighted by molar-refractivity contribution is -0.0430. The van der Waals surface area contributed by atoms with Crippen LogP contribution in [0.15, 0.2) is 43.0 Å². The van der Waals surface area contributed by atoms with Crippen LogP contribution in [-0.4, -0.2) is 19.3 Å². The van der Waals surface area contributed by atoms with Gasteiger partial charge in [0.1, 0.15) is 0 Å². The van der Waals surface area contributed by atoms with Crippen molar-refractivity contribution in [2.75, 3.05) is 13.2 Å². The van der Waals surface area contributed by atoms with E-state index in [4.69, 9.17) is 9.47 Å². The Hall–Kier alpha value is -1.12. The molecule has 0 spiro atoms. The minimum absolute atomic E-state index is 0.164. The predicted molar refractivity (Wildman–Crippen MR) is 149 cm³/mol. The van der Waals surface area contributed by atoms with Gasteiger partial charge in [-0.1, -0.05) is 134 Å². The summed E-state index contributed by atoms with van der Waals surface area (Å²) < 4.78 is 12.2. The number of benzene rings is 1. The molecule has 0 saturated heterocycles. The average Bonchev–Trinajstić information content (AvgIpc) is 2.81. The summed E-state index contributed by atoms with van der Waals surface area (Å²) in [4.78, 5) is 0. The van der Waals surface area contributed by atoms with Crippen molar-refractivity contribution in [3.8, 4) is 0 Å². The van der Waals surface area contributed by atoms with Gasteiger partial charge in [-0.25, -0.2) is 0 Å². The molecule has 0 aliphatic carbocycles. The highest BCUT2D eigenvalue weighted by Crippen LogP contribution is 2.23. The lowest BCUT2D eigenvalue weighted by Crippen LogP contribution is -2.26. The fourth-order valence-electron chi connectivity index (χ4n) is 4.47. The largest absolute Gasteiger partial charge is 0.379 e. The first-order valence-corrected chi connectivity index (χ1v) is 14.4. The van der Waals surface area contributed by atoms with Gasteiger partial charge in [0.2, 0.25) is 0 Å². The van der Waals surface area contributed by atoms with E-state index >= 15 is 0 Å². The predicted octanol–water partition coefficient (Wildman–Crippen LogP) is 10.1. The molecule has 1 unspecified atom stereocenters. The lowest BCUT2D eigenvalue weighted by atomic mass is 9.89. The molecule has 0 aromatic heterocycles. The van der Waals surface area contributed by atoms with Crippen molar-refractivity contribution in [1.82, 2.24) is 0 Å². The molecular weight excluding hydrogens is 416 g/mol. The van der Waals surface area contributed by atoms with Gasteiger partial charge >= 0.3 is 0 Å². The maximum absolute atomic E-state index is 6.21. The Labute approximate surface area is 212 Å². The summed E-state index contributed by atoms with van der Waals surface area (Å²) in [5.74, 6) is 0. The Kier molecular flexibility index (Phi) is 19.3. The van der Waals surface area contributed by atoms with Crippen molar-refractivity contribution in [3.05, 3.63) is 48.6 Å². The van der Waals surface area contributed by atoms with Gasteiger partial charge in [0, 0.05) is 6.61 Å². The molecule has 0 aliphatic rings. The highest BCUT2D eigenvalue weighted by Gasteiger charge is 2.19. The first-order valence-electron chi connectivity index (χ1n) is 14.4. The van der Waals surface area contributed by atoms with Crippen LogP contribution in [0.25, 0.3) is 0 Å². The van der Waals surface area contributed by atoms with E-state index in [1.54, 1.807) is 0 Å². The van der Waals surface area contributed by atoms with Gasteiger partial charge in [0.05, 0.1) is 19.3 Å². The monoisotopic (exact) mass is 472 g/mol. The highest BCUT2D eigenvalue weighted by atomic mass is 16.5. The highest BCUT2D eigenvalue weighted by molar-refractivity contribution is 5.13. The van der Waals surface area contributed by atoms with Crippen LogP contribution in [0.2, 0.25) is 0 Å². The van der Waals surface area contributed by atoms with Gasteiger partial charge < -0.3 is 9.47 Å². The molecule has 0 bridgehead atoms. The molecule has 1 rings (SSSR count). The number of hydrogen-bond acceptors (Lipinski definition) is 2. The molecule has 0 N–H and O–H groups in total. The van der Waals surface area contributed by atoms with E-state index in [0.29, 0.717) is 13.2 Å². The molecule has 1 aromatic rings. The number of rotatable bonds is 23. The number of allylic oxidation sites excluding steroid dienone is 1. The topological polar surface area (TPSA) is 18.5 Å². The first-order chi connectivity index (χ1) is 16.5. The Balaban J connectivity index is 1.93. The standard InChI is InChI=1S/C32H56O2/c1-5-6-7-8-9-10-11-12-13-14-15-16-17-18-19-23-26-33-29-31(27-32(2,3)4)34-28-30-24-21-20-22-25-30/h5,20-22,24-25,31H,1,6-19,23,26-29H2,2-4H3. The van der Waals surface area contributed by atoms with Crippen LogP contribution < -0.4 is 0 Å². The molecule has 1 aromatic carbocycles. The van der Waals surface area contributed by atoms with Crippen LogP contribution in [0, 0.1) is 5.41 Å². The minimum atomic E-state index is 0.164. The molecule has 0 amide bonds. The Morgan fingerprint density at radius 3 is 1.74 bits per heavy atom. The molecule has 0 heterocycles. The maximum Gasteiger partial charge on any atom is 0.0818 e. The Morgan fingerprint density at radius 2 is 1.24 bits per heavy atom. The summed E-state index contributed by atoms with van der Waals surface area (Å²) in [6.07, 6.45) is 23.7. The van der Waals surface area contributed by atoms with Crippen molar-refractivity contribution < 1.29 is 9.47 Å². The third kappa shape index (κ3) is 20.3. The van der Waals surface area contributed by atoms with Gasteiger partial charge in [-0.15, -0.1) is 6.58 Å². The second-order valence-corrected chi connectivity index (χ2v) is 11.3. The molecule has 0 aliphatic heterocycles. The lowest BCUT2D eigenvalue weighted by Gasteiger charge is -2.26. The van der Waals surface area contributed by atoms with Gasteiger partial charge in [0.15, 0.2) is 0 Å². The summed E-state index contributed by atoms with van der Waals surface area (Å²) in [5.41, 5.74) is 1.48. The van der Waals surface area contributed by atoms with Gasteiger partial charge in [-0.05, 0) is 36.7 Å². The van der Waals surface area contributed by atoms with E-state index in [1.165, 1.54) is 102 Å². The SMILES string of the molecule is C=CCCCCCCCCCCCCCCCCOCC(CC(C)(C)C)OCc1ccccc1. The molecule has 196 valence electrons. The van der Waals surface area contributed by atoms with Gasteiger partial charge in [-0.2, -0.15) is 0 Å². The van der Waals surface area contributed by atoms with Gasteiger partial charge in [-0.3, -0.25) is 0 Å². The zero-order valence-corrected chi connectivity index (χ0v) is 23.0. The van der Waals surface area contributed by atoms with Gasteiger partial charge in [0.25, 0.3) is 0 Å². The van der Waals surface area contributed by atoms with E-state index in [0.717, 1.165) is 13.0 Å². The summed E-state index contributed by atoms with van der Waals surface area (Å²) >= 11 is 0. The normalized spacial score (nSPS) is 12.7. The number of hydrogen-bond donors (Lipinski definition) is 0. The molecule has 0 radical (unpaired) electrons. The smallest absolute Gasteiger partial charge is 0.0818 e. The van der Waals surface area contributed by atoms with E-state index < -0.39 is 0 Å². The summed E-state index contributed by atoms with van der Waals surface area (Å²) in [6.45, 7) is 12.9. The molecule has 0 saturated carbocycles. The van der Waals surface area contributed by atoms with Crippen LogP contribution in [0.5, 0.6) is 0 Å². The zero-order valence-electron chi connectivity index (χ0n) is 23.0. The Bertz CT molecular complexity index is 560. The fourth-order valence-corrected chi connectivity index (χ4v) is 4.47. The molecule has 2 nitrogen and oxygen atoms in total. The molecular formula is C32H56O2. The summed E-state index contributed by atoms with van der Waals surface area (Å²) in [6, 6.07) is 10.5. The third-order valence-corrected chi connectivity index (χ3v) is 6.42. The van der Waals surface area contributed by atoms with Crippen LogP contribution in [-0.2, 0) is 16.1 Å². The van der Waals surface area contributed by atoms with Crippen molar-refractivity contribution in [3.63, 3.8) is 0 Å². The van der Waals surface area contributed by atoms with Crippen molar-refractivity contribution in [2.45, 2.75) is 136 Å². The van der Waals surface area contributed by atoms with E-state index in [-0.39, 0.29) is 11.5 Å². The minimum Gasteiger partial charge on any atom is -0.379 e. The van der Waals surface area contributed by atoms with E-state index in [9.17, 15) is 0 Å². The van der Waals surface area contributed by atoms with Crippen molar-refractivity contribution in [2.24, 2.45) is 5.41 Å². The molecule has 0 fully saturated rings. The molecule has 1 atom stereocenters. The van der Waals surface area contributed by atoms with E-state index in [2.05, 4.69) is 57.7 Å². The fraction of sp³-hybridized carbons (Fsp3) is 0.750. The average molecular weight is 473 g/mol. The zero-order chi connectivity index (χ0) is 24.7. The van der Waals surface area contributed by atoms with Crippen LogP contribution in [0.3, 0.4) is 0 Å². The van der Waals surface area contributed by atoms with Crippen LogP contribution in [0.1, 0.15) is 129 Å². The second-order valence-electron chi connectivity index (χ2n) is 11.3. The van der Waals surface area contributed by atoms with Crippen LogP contribution in [0.4, 0.5) is 0 Å². The molecule has 34 heavy (non-hydrogen) atoms. The Morgan fingerprint density at radius 1 is 0.735 bits per heavy atom. The van der Waals surface area contributed by atoms with Crippen molar-refractivity contribution >= 4 is 0 Å². The number of ether oxygens (including phenoxy) is 2. The maximum atomic E-state index is 6.21. The summed E-state index contributed by atoms with van der Waals surface area (Å²) in [5, 5.41) is 0.